The number of rotatable bonds is 2. The van der Waals surface area contributed by atoms with Crippen molar-refractivity contribution >= 4 is 17.6 Å². The summed E-state index contributed by atoms with van der Waals surface area (Å²) in [4.78, 5) is 23.5. The Bertz CT molecular complexity index is 492. The number of benzene rings is 1. The minimum atomic E-state index is -0.682. The molecule has 0 radical (unpaired) electrons. The molecule has 1 aliphatic heterocycles. The third-order valence-electron chi connectivity index (χ3n) is 3.11. The second-order valence-electron chi connectivity index (χ2n) is 4.71. The monoisotopic (exact) mass is 279 g/mol. The highest BCUT2D eigenvalue weighted by Gasteiger charge is 2.22. The minimum Gasteiger partial charge on any atom is -0.508 e. The third kappa shape index (κ3) is 3.86. The zero-order valence-electron chi connectivity index (χ0n) is 10.8. The van der Waals surface area contributed by atoms with Crippen LogP contribution in [0.3, 0.4) is 0 Å². The van der Waals surface area contributed by atoms with Crippen molar-refractivity contribution in [2.75, 3.05) is 18.4 Å². The van der Waals surface area contributed by atoms with Crippen LogP contribution in [-0.4, -0.2) is 35.2 Å². The summed E-state index contributed by atoms with van der Waals surface area (Å²) in [5.74, 6) is -0.831. The van der Waals surface area contributed by atoms with E-state index in [9.17, 15) is 19.8 Å². The first-order valence-corrected chi connectivity index (χ1v) is 6.40. The number of amides is 3. The van der Waals surface area contributed by atoms with Gasteiger partial charge in [-0.2, -0.15) is 0 Å². The number of carbonyl (C=O) groups is 2. The number of phenols is 2. The molecule has 0 bridgehead atoms. The quantitative estimate of drug-likeness (QED) is 0.548. The molecule has 5 N–H and O–H groups in total. The van der Waals surface area contributed by atoms with E-state index in [-0.39, 0.29) is 29.0 Å². The number of nitrogens with one attached hydrogen (secondary N) is 3. The Morgan fingerprint density at radius 1 is 1.10 bits per heavy atom. The van der Waals surface area contributed by atoms with Crippen LogP contribution in [0, 0.1) is 5.92 Å². The highest BCUT2D eigenvalue weighted by molar-refractivity contribution is 6.02. The van der Waals surface area contributed by atoms with Crippen molar-refractivity contribution in [3.05, 3.63) is 18.2 Å². The minimum absolute atomic E-state index is 0.167. The lowest BCUT2D eigenvalue weighted by molar-refractivity contribution is -0.124. The second-order valence-corrected chi connectivity index (χ2v) is 4.71. The summed E-state index contributed by atoms with van der Waals surface area (Å²) in [6.45, 7) is 1.53. The Morgan fingerprint density at radius 3 is 2.30 bits per heavy atom. The lowest BCUT2D eigenvalue weighted by atomic mass is 9.97. The molecular weight excluding hydrogens is 262 g/mol. The first-order chi connectivity index (χ1) is 9.54. The van der Waals surface area contributed by atoms with Crippen LogP contribution in [0.5, 0.6) is 11.5 Å². The number of carbonyl (C=O) groups excluding carboxylic acids is 2. The molecule has 0 spiro atoms. The van der Waals surface area contributed by atoms with E-state index in [1.807, 2.05) is 0 Å². The van der Waals surface area contributed by atoms with Gasteiger partial charge in [0.2, 0.25) is 5.91 Å². The summed E-state index contributed by atoms with van der Waals surface area (Å²) < 4.78 is 0. The van der Waals surface area contributed by atoms with Gasteiger partial charge in [0.1, 0.15) is 11.5 Å². The molecule has 7 nitrogen and oxygen atoms in total. The Kier molecular flexibility index (Phi) is 4.41. The number of hydrogen-bond acceptors (Lipinski definition) is 5. The number of anilines is 1. The van der Waals surface area contributed by atoms with E-state index in [1.54, 1.807) is 0 Å². The molecule has 0 aromatic heterocycles. The Hall–Kier alpha value is -2.28. The average Bonchev–Trinajstić information content (AvgIpc) is 2.38. The maximum atomic E-state index is 11.8. The molecule has 2 rings (SSSR count). The maximum Gasteiger partial charge on any atom is 0.325 e. The molecule has 1 aromatic rings. The number of aromatic hydroxyl groups is 2. The first-order valence-electron chi connectivity index (χ1n) is 6.40. The molecule has 1 saturated heterocycles. The smallest absolute Gasteiger partial charge is 0.325 e. The van der Waals surface area contributed by atoms with E-state index in [0.717, 1.165) is 19.2 Å². The molecule has 20 heavy (non-hydrogen) atoms. The number of phenolic OH excluding ortho intramolecular Hbond substituents is 2. The lowest BCUT2D eigenvalue weighted by Crippen LogP contribution is -2.42. The van der Waals surface area contributed by atoms with Gasteiger partial charge in [-0.1, -0.05) is 0 Å². The average molecular weight is 279 g/mol. The summed E-state index contributed by atoms with van der Waals surface area (Å²) in [7, 11) is 0. The van der Waals surface area contributed by atoms with Gasteiger partial charge < -0.3 is 20.8 Å². The zero-order valence-corrected chi connectivity index (χ0v) is 10.8. The van der Waals surface area contributed by atoms with Crippen LogP contribution in [0.15, 0.2) is 18.2 Å². The second kappa shape index (κ2) is 6.25. The molecule has 0 saturated carbocycles. The molecule has 0 atom stereocenters. The summed E-state index contributed by atoms with van der Waals surface area (Å²) >= 11 is 0. The van der Waals surface area contributed by atoms with Gasteiger partial charge in [-0.15, -0.1) is 0 Å². The molecule has 0 aliphatic carbocycles. The summed E-state index contributed by atoms with van der Waals surface area (Å²) in [6, 6.07) is 3.00. The Balaban J connectivity index is 1.89. The van der Waals surface area contributed by atoms with Crippen molar-refractivity contribution in [3.8, 4) is 11.5 Å². The molecule has 1 aliphatic rings. The Labute approximate surface area is 116 Å². The molecule has 7 heteroatoms. The van der Waals surface area contributed by atoms with Gasteiger partial charge >= 0.3 is 6.03 Å². The molecule has 0 unspecified atom stereocenters. The SMILES string of the molecule is O=C(NC(=O)C1CCNCC1)Nc1cc(O)cc(O)c1. The van der Waals surface area contributed by atoms with E-state index < -0.39 is 6.03 Å². The fraction of sp³-hybridized carbons (Fsp3) is 0.385. The van der Waals surface area contributed by atoms with Crippen LogP contribution in [0.2, 0.25) is 0 Å². The molecule has 1 aromatic carbocycles. The summed E-state index contributed by atoms with van der Waals surface area (Å²) in [5, 5.41) is 26.4. The predicted molar refractivity (Wildman–Crippen MR) is 72.5 cm³/mol. The van der Waals surface area contributed by atoms with Gasteiger partial charge in [-0.25, -0.2) is 4.79 Å². The lowest BCUT2D eigenvalue weighted by Gasteiger charge is -2.21. The van der Waals surface area contributed by atoms with Crippen LogP contribution in [0.25, 0.3) is 0 Å². The van der Waals surface area contributed by atoms with E-state index in [4.69, 9.17) is 0 Å². The zero-order chi connectivity index (χ0) is 14.5. The summed E-state index contributed by atoms with van der Waals surface area (Å²) in [5.41, 5.74) is 0.207. The number of imide groups is 1. The fourth-order valence-corrected chi connectivity index (χ4v) is 2.13. The number of hydrogen-bond donors (Lipinski definition) is 5. The molecular formula is C13H17N3O4. The maximum absolute atomic E-state index is 11.8. The van der Waals surface area contributed by atoms with Crippen molar-refractivity contribution in [1.29, 1.82) is 0 Å². The normalized spacial score (nSPS) is 15.6. The van der Waals surface area contributed by atoms with E-state index in [1.165, 1.54) is 12.1 Å². The highest BCUT2D eigenvalue weighted by atomic mass is 16.3. The molecule has 1 heterocycles. The van der Waals surface area contributed by atoms with Gasteiger partial charge in [-0.3, -0.25) is 10.1 Å². The van der Waals surface area contributed by atoms with Gasteiger partial charge in [0.05, 0.1) is 0 Å². The van der Waals surface area contributed by atoms with Crippen LogP contribution >= 0.6 is 0 Å². The van der Waals surface area contributed by atoms with E-state index >= 15 is 0 Å². The van der Waals surface area contributed by atoms with Crippen LogP contribution in [0.1, 0.15) is 12.8 Å². The van der Waals surface area contributed by atoms with Crippen molar-refractivity contribution in [1.82, 2.24) is 10.6 Å². The van der Waals surface area contributed by atoms with Gasteiger partial charge in [0.25, 0.3) is 0 Å². The van der Waals surface area contributed by atoms with Gasteiger partial charge in [0, 0.05) is 29.8 Å². The van der Waals surface area contributed by atoms with E-state index in [0.29, 0.717) is 12.8 Å². The third-order valence-corrected chi connectivity index (χ3v) is 3.11. The number of urea groups is 1. The highest BCUT2D eigenvalue weighted by Crippen LogP contribution is 2.23. The van der Waals surface area contributed by atoms with Crippen molar-refractivity contribution in [2.24, 2.45) is 5.92 Å². The Morgan fingerprint density at radius 2 is 1.70 bits per heavy atom. The summed E-state index contributed by atoms with van der Waals surface area (Å²) in [6.07, 6.45) is 1.40. The fourth-order valence-electron chi connectivity index (χ4n) is 2.13. The molecule has 1 fully saturated rings. The van der Waals surface area contributed by atoms with Crippen molar-refractivity contribution in [2.45, 2.75) is 12.8 Å². The van der Waals surface area contributed by atoms with Crippen molar-refractivity contribution in [3.63, 3.8) is 0 Å². The van der Waals surface area contributed by atoms with Crippen LogP contribution in [0.4, 0.5) is 10.5 Å². The van der Waals surface area contributed by atoms with E-state index in [2.05, 4.69) is 16.0 Å². The topological polar surface area (TPSA) is 111 Å². The van der Waals surface area contributed by atoms with Crippen LogP contribution in [-0.2, 0) is 4.79 Å². The standard InChI is InChI=1S/C13H17N3O4/c17-10-5-9(6-11(18)7-10)15-13(20)16-12(19)8-1-3-14-4-2-8/h5-8,14,17-18H,1-4H2,(H2,15,16,19,20). The molecule has 108 valence electrons. The largest absolute Gasteiger partial charge is 0.508 e. The van der Waals surface area contributed by atoms with Crippen molar-refractivity contribution < 1.29 is 19.8 Å². The first kappa shape index (κ1) is 14.1. The predicted octanol–water partition coefficient (Wildman–Crippen LogP) is 0.745. The number of piperidine rings is 1. The van der Waals surface area contributed by atoms with Gasteiger partial charge in [-0.05, 0) is 25.9 Å². The molecule has 3 amide bonds. The van der Waals surface area contributed by atoms with Crippen LogP contribution < -0.4 is 16.0 Å². The van der Waals surface area contributed by atoms with Gasteiger partial charge in [0.15, 0.2) is 0 Å².